The topological polar surface area (TPSA) is 70.1 Å². The molecule has 1 fully saturated rings. The van der Waals surface area contributed by atoms with Gasteiger partial charge in [-0.2, -0.15) is 0 Å². The van der Waals surface area contributed by atoms with Crippen molar-refractivity contribution in [1.29, 1.82) is 0 Å². The standard InChI is InChI=1S/C20H22N2O4/c1-26-18-9-7-16(8-10-18)20(25)22-13-17(23)12-21(19(24)14-22)11-15-5-3-2-4-6-15/h2-10,17,23H,11-14H2,1H3. The molecule has 0 aromatic heterocycles. The van der Waals surface area contributed by atoms with Gasteiger partial charge in [-0.25, -0.2) is 0 Å². The number of methoxy groups -OCH3 is 1. The van der Waals surface area contributed by atoms with Crippen molar-refractivity contribution in [3.05, 3.63) is 65.7 Å². The number of nitrogens with zero attached hydrogens (tertiary/aromatic N) is 2. The van der Waals surface area contributed by atoms with Crippen molar-refractivity contribution in [2.45, 2.75) is 12.6 Å². The molecule has 136 valence electrons. The molecule has 1 unspecified atom stereocenters. The van der Waals surface area contributed by atoms with E-state index >= 15 is 0 Å². The maximum Gasteiger partial charge on any atom is 0.254 e. The zero-order valence-electron chi connectivity index (χ0n) is 14.7. The summed E-state index contributed by atoms with van der Waals surface area (Å²) < 4.78 is 5.09. The van der Waals surface area contributed by atoms with Gasteiger partial charge in [0.25, 0.3) is 5.91 Å². The Labute approximate surface area is 152 Å². The molecule has 1 saturated heterocycles. The van der Waals surface area contributed by atoms with Crippen LogP contribution in [0.4, 0.5) is 0 Å². The van der Waals surface area contributed by atoms with Gasteiger partial charge < -0.3 is 19.6 Å². The predicted molar refractivity (Wildman–Crippen MR) is 96.8 cm³/mol. The molecule has 1 aliphatic rings. The highest BCUT2D eigenvalue weighted by Gasteiger charge is 2.29. The van der Waals surface area contributed by atoms with Gasteiger partial charge in [0, 0.05) is 25.2 Å². The lowest BCUT2D eigenvalue weighted by Gasteiger charge is -2.22. The lowest BCUT2D eigenvalue weighted by atomic mass is 10.2. The van der Waals surface area contributed by atoms with E-state index in [2.05, 4.69) is 0 Å². The fourth-order valence-electron chi connectivity index (χ4n) is 3.02. The third-order valence-electron chi connectivity index (χ3n) is 4.38. The quantitative estimate of drug-likeness (QED) is 0.904. The Kier molecular flexibility index (Phi) is 5.53. The molecule has 2 amide bonds. The third-order valence-corrected chi connectivity index (χ3v) is 4.38. The largest absolute Gasteiger partial charge is 0.497 e. The molecule has 0 spiro atoms. The maximum absolute atomic E-state index is 12.7. The number of ether oxygens (including phenoxy) is 1. The molecule has 1 heterocycles. The minimum Gasteiger partial charge on any atom is -0.497 e. The summed E-state index contributed by atoms with van der Waals surface area (Å²) in [5, 5.41) is 10.3. The smallest absolute Gasteiger partial charge is 0.254 e. The number of carbonyl (C=O) groups excluding carboxylic acids is 2. The van der Waals surface area contributed by atoms with Crippen LogP contribution in [0.15, 0.2) is 54.6 Å². The molecule has 0 saturated carbocycles. The second kappa shape index (κ2) is 8.01. The van der Waals surface area contributed by atoms with Gasteiger partial charge in [0.05, 0.1) is 13.2 Å². The third kappa shape index (κ3) is 4.21. The van der Waals surface area contributed by atoms with E-state index in [0.29, 0.717) is 17.9 Å². The van der Waals surface area contributed by atoms with Crippen LogP contribution in [0, 0.1) is 0 Å². The molecule has 2 aromatic rings. The molecule has 1 N–H and O–H groups in total. The fourth-order valence-corrected chi connectivity index (χ4v) is 3.02. The van der Waals surface area contributed by atoms with Crippen LogP contribution in [-0.2, 0) is 11.3 Å². The first-order valence-electron chi connectivity index (χ1n) is 8.50. The monoisotopic (exact) mass is 354 g/mol. The minimum absolute atomic E-state index is 0.0469. The van der Waals surface area contributed by atoms with E-state index < -0.39 is 6.10 Å². The first-order valence-corrected chi connectivity index (χ1v) is 8.50. The normalized spacial score (nSPS) is 17.8. The highest BCUT2D eigenvalue weighted by atomic mass is 16.5. The van der Waals surface area contributed by atoms with Gasteiger partial charge in [-0.1, -0.05) is 30.3 Å². The Morgan fingerprint density at radius 3 is 2.46 bits per heavy atom. The number of carbonyl (C=O) groups is 2. The van der Waals surface area contributed by atoms with Crippen molar-refractivity contribution in [3.63, 3.8) is 0 Å². The SMILES string of the molecule is COc1ccc(C(=O)N2CC(=O)N(Cc3ccccc3)CC(O)C2)cc1. The number of rotatable bonds is 4. The van der Waals surface area contributed by atoms with Crippen LogP contribution < -0.4 is 4.74 Å². The lowest BCUT2D eigenvalue weighted by Crippen LogP contribution is -2.39. The van der Waals surface area contributed by atoms with Crippen molar-refractivity contribution in [3.8, 4) is 5.75 Å². The molecule has 1 atom stereocenters. The van der Waals surface area contributed by atoms with Crippen molar-refractivity contribution in [2.75, 3.05) is 26.7 Å². The van der Waals surface area contributed by atoms with E-state index in [1.54, 1.807) is 36.3 Å². The first kappa shape index (κ1) is 17.9. The number of β-amino-alcohol motifs (C(OH)–C–C–N with tert-alkyl or cyclic N) is 1. The minimum atomic E-state index is -0.785. The Morgan fingerprint density at radius 2 is 1.81 bits per heavy atom. The van der Waals surface area contributed by atoms with E-state index in [0.717, 1.165) is 5.56 Å². The second-order valence-corrected chi connectivity index (χ2v) is 6.33. The van der Waals surface area contributed by atoms with Gasteiger partial charge >= 0.3 is 0 Å². The van der Waals surface area contributed by atoms with Crippen LogP contribution in [0.3, 0.4) is 0 Å². The van der Waals surface area contributed by atoms with Crippen LogP contribution >= 0.6 is 0 Å². The molecular weight excluding hydrogens is 332 g/mol. The molecule has 6 nitrogen and oxygen atoms in total. The molecule has 1 aliphatic heterocycles. The second-order valence-electron chi connectivity index (χ2n) is 6.33. The van der Waals surface area contributed by atoms with Crippen molar-refractivity contribution in [2.24, 2.45) is 0 Å². The van der Waals surface area contributed by atoms with E-state index in [1.165, 1.54) is 4.90 Å². The highest BCUT2D eigenvalue weighted by molar-refractivity contribution is 5.96. The molecule has 26 heavy (non-hydrogen) atoms. The number of aliphatic hydroxyl groups excluding tert-OH is 1. The van der Waals surface area contributed by atoms with Crippen LogP contribution in [0.25, 0.3) is 0 Å². The van der Waals surface area contributed by atoms with Crippen LogP contribution in [0.2, 0.25) is 0 Å². The predicted octanol–water partition coefficient (Wildman–Crippen LogP) is 1.54. The fraction of sp³-hybridized carbons (Fsp3) is 0.300. The summed E-state index contributed by atoms with van der Waals surface area (Å²) in [5.74, 6) is 0.205. The Hall–Kier alpha value is -2.86. The zero-order chi connectivity index (χ0) is 18.5. The summed E-state index contributed by atoms with van der Waals surface area (Å²) in [6, 6.07) is 16.3. The Balaban J connectivity index is 1.72. The average Bonchev–Trinajstić information content (AvgIpc) is 2.80. The van der Waals surface area contributed by atoms with E-state index in [1.807, 2.05) is 30.3 Å². The summed E-state index contributed by atoms with van der Waals surface area (Å²) >= 11 is 0. The van der Waals surface area contributed by atoms with Crippen molar-refractivity contribution in [1.82, 2.24) is 9.80 Å². The number of hydrogen-bond donors (Lipinski definition) is 1. The van der Waals surface area contributed by atoms with Crippen LogP contribution in [0.1, 0.15) is 15.9 Å². The lowest BCUT2D eigenvalue weighted by molar-refractivity contribution is -0.131. The summed E-state index contributed by atoms with van der Waals surface area (Å²) in [4.78, 5) is 28.3. The highest BCUT2D eigenvalue weighted by Crippen LogP contribution is 2.16. The molecule has 3 rings (SSSR count). The van der Waals surface area contributed by atoms with Crippen molar-refractivity contribution < 1.29 is 19.4 Å². The van der Waals surface area contributed by atoms with Gasteiger partial charge in [-0.3, -0.25) is 9.59 Å². The summed E-state index contributed by atoms with van der Waals surface area (Å²) in [5.41, 5.74) is 1.45. The van der Waals surface area contributed by atoms with E-state index in [-0.39, 0.29) is 31.4 Å². The average molecular weight is 354 g/mol. The van der Waals surface area contributed by atoms with Gasteiger partial charge in [-0.05, 0) is 29.8 Å². The van der Waals surface area contributed by atoms with Gasteiger partial charge in [0.15, 0.2) is 0 Å². The van der Waals surface area contributed by atoms with Crippen LogP contribution in [0.5, 0.6) is 5.75 Å². The summed E-state index contributed by atoms with van der Waals surface area (Å²) in [7, 11) is 1.56. The number of benzene rings is 2. The van der Waals surface area contributed by atoms with Gasteiger partial charge in [0.1, 0.15) is 12.3 Å². The maximum atomic E-state index is 12.7. The summed E-state index contributed by atoms with van der Waals surface area (Å²) in [6.07, 6.45) is -0.785. The van der Waals surface area contributed by atoms with E-state index in [9.17, 15) is 14.7 Å². The number of amides is 2. The molecule has 0 aliphatic carbocycles. The molecule has 6 heteroatoms. The summed E-state index contributed by atoms with van der Waals surface area (Å²) in [6.45, 7) is 0.706. The molecular formula is C20H22N2O4. The Morgan fingerprint density at radius 1 is 1.12 bits per heavy atom. The van der Waals surface area contributed by atoms with Gasteiger partial charge in [-0.15, -0.1) is 0 Å². The first-order chi connectivity index (χ1) is 12.6. The van der Waals surface area contributed by atoms with E-state index in [4.69, 9.17) is 4.74 Å². The van der Waals surface area contributed by atoms with Crippen molar-refractivity contribution >= 4 is 11.8 Å². The molecule has 2 aromatic carbocycles. The zero-order valence-corrected chi connectivity index (χ0v) is 14.7. The van der Waals surface area contributed by atoms with Gasteiger partial charge in [0.2, 0.25) is 5.91 Å². The Bertz CT molecular complexity index is 761. The van der Waals surface area contributed by atoms with Crippen LogP contribution in [-0.4, -0.2) is 59.6 Å². The molecule has 0 bridgehead atoms. The molecule has 0 radical (unpaired) electrons. The number of hydrogen-bond acceptors (Lipinski definition) is 4. The number of aliphatic hydroxyl groups is 1.